The minimum atomic E-state index is -0.0243. The molecule has 4 nitrogen and oxygen atoms in total. The molecule has 2 aromatic rings. The molecule has 1 unspecified atom stereocenters. The molecular formula is C12H14N2O2S2. The predicted octanol–water partition coefficient (Wildman–Crippen LogP) is 1.76. The Labute approximate surface area is 113 Å². The summed E-state index contributed by atoms with van der Waals surface area (Å²) in [7, 11) is 0. The zero-order chi connectivity index (χ0) is 12.5. The van der Waals surface area contributed by atoms with E-state index in [9.17, 15) is 4.79 Å². The first-order valence-electron chi connectivity index (χ1n) is 5.86. The first kappa shape index (κ1) is 12.1. The van der Waals surface area contributed by atoms with E-state index in [1.807, 2.05) is 11.0 Å². The predicted molar refractivity (Wildman–Crippen MR) is 74.4 cm³/mol. The summed E-state index contributed by atoms with van der Waals surface area (Å²) in [6.07, 6.45) is -0.0243. The number of hydrogen-bond donors (Lipinski definition) is 1. The summed E-state index contributed by atoms with van der Waals surface area (Å²) in [6, 6.07) is 4.05. The Morgan fingerprint density at radius 3 is 3.22 bits per heavy atom. The van der Waals surface area contributed by atoms with E-state index in [1.54, 1.807) is 22.7 Å². The van der Waals surface area contributed by atoms with Crippen molar-refractivity contribution in [1.29, 1.82) is 0 Å². The molecule has 2 aromatic heterocycles. The molecule has 1 amide bonds. The van der Waals surface area contributed by atoms with Crippen molar-refractivity contribution in [3.63, 3.8) is 0 Å². The maximum absolute atomic E-state index is 12.4. The summed E-state index contributed by atoms with van der Waals surface area (Å²) in [5.41, 5.74) is 5.59. The molecule has 1 fully saturated rings. The summed E-state index contributed by atoms with van der Waals surface area (Å²) in [6.45, 7) is 2.29. The summed E-state index contributed by atoms with van der Waals surface area (Å²) < 4.78 is 7.85. The second-order valence-corrected chi connectivity index (χ2v) is 6.27. The van der Waals surface area contributed by atoms with Gasteiger partial charge in [-0.25, -0.2) is 0 Å². The molecule has 0 aliphatic carbocycles. The molecule has 0 aromatic carbocycles. The molecule has 0 bridgehead atoms. The second-order valence-electron chi connectivity index (χ2n) is 4.24. The maximum atomic E-state index is 12.4. The smallest absolute Gasteiger partial charge is 0.264 e. The average molecular weight is 282 g/mol. The zero-order valence-corrected chi connectivity index (χ0v) is 11.4. The van der Waals surface area contributed by atoms with Gasteiger partial charge in [-0.2, -0.15) is 0 Å². The summed E-state index contributed by atoms with van der Waals surface area (Å²) in [4.78, 5) is 15.0. The van der Waals surface area contributed by atoms with Crippen LogP contribution in [0.15, 0.2) is 17.5 Å². The van der Waals surface area contributed by atoms with Crippen molar-refractivity contribution in [3.05, 3.63) is 22.4 Å². The van der Waals surface area contributed by atoms with Crippen LogP contribution in [0.2, 0.25) is 0 Å². The van der Waals surface area contributed by atoms with Gasteiger partial charge in [-0.1, -0.05) is 0 Å². The van der Waals surface area contributed by atoms with E-state index in [1.165, 1.54) is 9.40 Å². The maximum Gasteiger partial charge on any atom is 0.264 e. The summed E-state index contributed by atoms with van der Waals surface area (Å²) >= 11 is 3.23. The fourth-order valence-corrected chi connectivity index (χ4v) is 4.15. The van der Waals surface area contributed by atoms with Crippen LogP contribution in [0.4, 0.5) is 0 Å². The summed E-state index contributed by atoms with van der Waals surface area (Å²) in [5.74, 6) is 0.102. The van der Waals surface area contributed by atoms with Crippen molar-refractivity contribution in [2.45, 2.75) is 6.10 Å². The largest absolute Gasteiger partial charge is 0.373 e. The number of fused-ring (bicyclic) bond motifs is 1. The second kappa shape index (κ2) is 4.97. The highest BCUT2D eigenvalue weighted by molar-refractivity contribution is 7.27. The molecule has 1 saturated heterocycles. The first-order valence-corrected chi connectivity index (χ1v) is 7.55. The van der Waals surface area contributed by atoms with Gasteiger partial charge < -0.3 is 15.4 Å². The normalized spacial score (nSPS) is 20.5. The molecule has 6 heteroatoms. The number of nitrogens with two attached hydrogens (primary N) is 1. The van der Waals surface area contributed by atoms with Crippen LogP contribution < -0.4 is 5.73 Å². The molecule has 3 heterocycles. The van der Waals surface area contributed by atoms with Crippen LogP contribution in [0, 0.1) is 0 Å². The van der Waals surface area contributed by atoms with E-state index in [0.717, 1.165) is 4.88 Å². The lowest BCUT2D eigenvalue weighted by molar-refractivity contribution is -0.0165. The molecular weight excluding hydrogens is 268 g/mol. The third kappa shape index (κ3) is 2.16. The Hall–Kier alpha value is -0.950. The van der Waals surface area contributed by atoms with Gasteiger partial charge in [0.15, 0.2) is 0 Å². The van der Waals surface area contributed by atoms with Crippen LogP contribution in [-0.4, -0.2) is 43.2 Å². The number of thiophene rings is 2. The quantitative estimate of drug-likeness (QED) is 0.913. The Morgan fingerprint density at radius 1 is 1.56 bits per heavy atom. The SMILES string of the molecule is NCC1CN(C(=O)c2cc3sccc3s2)CCO1. The van der Waals surface area contributed by atoms with Crippen molar-refractivity contribution in [1.82, 2.24) is 4.90 Å². The lowest BCUT2D eigenvalue weighted by atomic mass is 10.2. The van der Waals surface area contributed by atoms with E-state index in [-0.39, 0.29) is 12.0 Å². The van der Waals surface area contributed by atoms with E-state index in [4.69, 9.17) is 10.5 Å². The van der Waals surface area contributed by atoms with E-state index in [2.05, 4.69) is 11.4 Å². The average Bonchev–Trinajstić information content (AvgIpc) is 2.98. The molecule has 1 aliphatic rings. The molecule has 18 heavy (non-hydrogen) atoms. The zero-order valence-electron chi connectivity index (χ0n) is 9.80. The number of hydrogen-bond acceptors (Lipinski definition) is 5. The van der Waals surface area contributed by atoms with Crippen molar-refractivity contribution in [2.24, 2.45) is 5.73 Å². The molecule has 0 saturated carbocycles. The Balaban J connectivity index is 1.79. The van der Waals surface area contributed by atoms with Crippen LogP contribution in [0.25, 0.3) is 9.40 Å². The van der Waals surface area contributed by atoms with Gasteiger partial charge in [0, 0.05) is 29.0 Å². The van der Waals surface area contributed by atoms with Crippen molar-refractivity contribution < 1.29 is 9.53 Å². The fourth-order valence-electron chi connectivity index (χ4n) is 2.07. The number of rotatable bonds is 2. The van der Waals surface area contributed by atoms with Crippen LogP contribution >= 0.6 is 22.7 Å². The van der Waals surface area contributed by atoms with Gasteiger partial charge in [-0.3, -0.25) is 4.79 Å². The molecule has 3 rings (SSSR count). The highest BCUT2D eigenvalue weighted by atomic mass is 32.1. The van der Waals surface area contributed by atoms with Gasteiger partial charge in [0.1, 0.15) is 0 Å². The van der Waals surface area contributed by atoms with Gasteiger partial charge in [-0.05, 0) is 17.5 Å². The molecule has 2 N–H and O–H groups in total. The third-order valence-corrected chi connectivity index (χ3v) is 5.12. The van der Waals surface area contributed by atoms with Gasteiger partial charge in [-0.15, -0.1) is 22.7 Å². The third-order valence-electron chi connectivity index (χ3n) is 3.04. The number of nitrogens with zero attached hydrogens (tertiary/aromatic N) is 1. The number of carbonyl (C=O) groups is 1. The minimum absolute atomic E-state index is 0.0243. The lowest BCUT2D eigenvalue weighted by Gasteiger charge is -2.32. The van der Waals surface area contributed by atoms with E-state index >= 15 is 0 Å². The van der Waals surface area contributed by atoms with Crippen molar-refractivity contribution >= 4 is 38.0 Å². The van der Waals surface area contributed by atoms with Gasteiger partial charge in [0.2, 0.25) is 0 Å². The van der Waals surface area contributed by atoms with Crippen LogP contribution in [0.3, 0.4) is 0 Å². The Kier molecular flexibility index (Phi) is 3.34. The first-order chi connectivity index (χ1) is 8.78. The number of carbonyl (C=O) groups excluding carboxylic acids is 1. The minimum Gasteiger partial charge on any atom is -0.373 e. The highest BCUT2D eigenvalue weighted by Crippen LogP contribution is 2.30. The Bertz CT molecular complexity index is 535. The lowest BCUT2D eigenvalue weighted by Crippen LogP contribution is -2.47. The van der Waals surface area contributed by atoms with Crippen molar-refractivity contribution in [3.8, 4) is 0 Å². The molecule has 1 aliphatic heterocycles. The fraction of sp³-hybridized carbons (Fsp3) is 0.417. The van der Waals surface area contributed by atoms with Crippen LogP contribution in [0.5, 0.6) is 0 Å². The monoisotopic (exact) mass is 282 g/mol. The Morgan fingerprint density at radius 2 is 2.44 bits per heavy atom. The molecule has 0 radical (unpaired) electrons. The molecule has 1 atom stereocenters. The van der Waals surface area contributed by atoms with Crippen molar-refractivity contribution in [2.75, 3.05) is 26.2 Å². The number of morpholine rings is 1. The topological polar surface area (TPSA) is 55.6 Å². The number of ether oxygens (including phenoxy) is 1. The van der Waals surface area contributed by atoms with Gasteiger partial charge in [0.25, 0.3) is 5.91 Å². The molecule has 0 spiro atoms. The number of amides is 1. The molecule has 96 valence electrons. The summed E-state index contributed by atoms with van der Waals surface area (Å²) in [5, 5.41) is 2.05. The van der Waals surface area contributed by atoms with E-state index in [0.29, 0.717) is 26.2 Å². The highest BCUT2D eigenvalue weighted by Gasteiger charge is 2.25. The van der Waals surface area contributed by atoms with E-state index < -0.39 is 0 Å². The van der Waals surface area contributed by atoms with Crippen LogP contribution in [0.1, 0.15) is 9.67 Å². The van der Waals surface area contributed by atoms with Gasteiger partial charge in [0.05, 0.1) is 17.6 Å². The van der Waals surface area contributed by atoms with Crippen LogP contribution in [-0.2, 0) is 4.74 Å². The standard InChI is InChI=1S/C12H14N2O2S2/c13-6-8-7-14(2-3-16-8)12(15)11-5-10-9(18-11)1-4-17-10/h1,4-5,8H,2-3,6-7,13H2. The van der Waals surface area contributed by atoms with Gasteiger partial charge >= 0.3 is 0 Å².